The molecule has 0 heterocycles. The number of non-ortho nitro benzene ring substituents is 1. The van der Waals surface area contributed by atoms with Crippen molar-refractivity contribution >= 4 is 11.4 Å². The highest BCUT2D eigenvalue weighted by molar-refractivity contribution is 5.43. The van der Waals surface area contributed by atoms with Crippen molar-refractivity contribution in [3.8, 4) is 6.07 Å². The Morgan fingerprint density at radius 1 is 1.31 bits per heavy atom. The minimum absolute atomic E-state index is 0.506. The minimum Gasteiger partial charge on any atom is -0.258 e. The molecule has 0 radical (unpaired) electrons. The lowest BCUT2D eigenvalue weighted by molar-refractivity contribution is -0.395. The van der Waals surface area contributed by atoms with Gasteiger partial charge in [-0.05, 0) is 6.07 Å². The summed E-state index contributed by atoms with van der Waals surface area (Å²) < 4.78 is 12.6. The van der Waals surface area contributed by atoms with Gasteiger partial charge in [0.25, 0.3) is 5.69 Å². The van der Waals surface area contributed by atoms with Crippen molar-refractivity contribution in [2.24, 2.45) is 0 Å². The molecule has 0 unspecified atom stereocenters. The van der Waals surface area contributed by atoms with E-state index in [0.717, 1.165) is 6.07 Å². The van der Waals surface area contributed by atoms with Crippen LogP contribution in [0.3, 0.4) is 0 Å². The molecule has 0 aliphatic carbocycles. The van der Waals surface area contributed by atoms with E-state index in [2.05, 4.69) is 0 Å². The Morgan fingerprint density at radius 2 is 1.81 bits per heavy atom. The molecular weight excluding hydrogens is 221 g/mol. The number of nitrogens with zero attached hydrogens (tertiary/aromatic N) is 3. The highest BCUT2D eigenvalue weighted by atomic mass is 19.1. The summed E-state index contributed by atoms with van der Waals surface area (Å²) >= 11 is 0. The van der Waals surface area contributed by atoms with Crippen LogP contribution in [0.25, 0.3) is 0 Å². The standard InChI is InChI=1S/C6H3FN2O4.C2H3N/c7-5-2-1-4(8(10)11)3-6(5)9(12)13;1-2-3/h1-3H;1H3. The van der Waals surface area contributed by atoms with Crippen LogP contribution in [0.1, 0.15) is 6.92 Å². The Hall–Kier alpha value is -2.56. The molecule has 7 nitrogen and oxygen atoms in total. The SMILES string of the molecule is CC#N.O=[N+]([O-])c1ccc(F)c([N+](=O)[O-])c1. The van der Waals surface area contributed by atoms with Crippen LogP contribution in [0.15, 0.2) is 18.2 Å². The quantitative estimate of drug-likeness (QED) is 0.567. The van der Waals surface area contributed by atoms with Gasteiger partial charge in [0.2, 0.25) is 5.82 Å². The van der Waals surface area contributed by atoms with E-state index in [1.807, 2.05) is 0 Å². The van der Waals surface area contributed by atoms with Gasteiger partial charge in [-0.15, -0.1) is 0 Å². The summed E-state index contributed by atoms with van der Waals surface area (Å²) in [7, 11) is 0. The van der Waals surface area contributed by atoms with Gasteiger partial charge in [-0.1, -0.05) is 0 Å². The summed E-state index contributed by atoms with van der Waals surface area (Å²) in [5.74, 6) is -1.09. The molecule has 0 aliphatic heterocycles. The van der Waals surface area contributed by atoms with Crippen molar-refractivity contribution in [2.45, 2.75) is 6.92 Å². The van der Waals surface area contributed by atoms with Crippen LogP contribution >= 0.6 is 0 Å². The lowest BCUT2D eigenvalue weighted by Gasteiger charge is -1.93. The van der Waals surface area contributed by atoms with Gasteiger partial charge < -0.3 is 0 Å². The largest absolute Gasteiger partial charge is 0.311 e. The lowest BCUT2D eigenvalue weighted by atomic mass is 10.3. The molecule has 0 aliphatic rings. The zero-order valence-electron chi connectivity index (χ0n) is 8.08. The van der Waals surface area contributed by atoms with E-state index >= 15 is 0 Å². The van der Waals surface area contributed by atoms with E-state index in [1.165, 1.54) is 6.92 Å². The van der Waals surface area contributed by atoms with Crippen LogP contribution in [0.5, 0.6) is 0 Å². The first-order valence-corrected chi connectivity index (χ1v) is 3.83. The predicted octanol–water partition coefficient (Wildman–Crippen LogP) is 2.17. The minimum atomic E-state index is -1.09. The maximum atomic E-state index is 12.6. The predicted molar refractivity (Wildman–Crippen MR) is 51.0 cm³/mol. The van der Waals surface area contributed by atoms with Gasteiger partial charge >= 0.3 is 5.69 Å². The fraction of sp³-hybridized carbons (Fsp3) is 0.125. The summed E-state index contributed by atoms with van der Waals surface area (Å²) in [5, 5.41) is 27.6. The summed E-state index contributed by atoms with van der Waals surface area (Å²) in [6, 6.07) is 3.88. The number of hydrogen-bond donors (Lipinski definition) is 0. The molecule has 0 bridgehead atoms. The molecule has 1 aromatic rings. The second-order valence-electron chi connectivity index (χ2n) is 2.37. The Labute approximate surface area is 89.0 Å². The number of nitriles is 1. The topological polar surface area (TPSA) is 110 Å². The molecule has 0 saturated heterocycles. The fourth-order valence-corrected chi connectivity index (χ4v) is 0.755. The van der Waals surface area contributed by atoms with E-state index in [0.29, 0.717) is 12.1 Å². The van der Waals surface area contributed by atoms with Gasteiger partial charge in [-0.25, -0.2) is 0 Å². The zero-order valence-corrected chi connectivity index (χ0v) is 8.08. The van der Waals surface area contributed by atoms with Gasteiger partial charge in [0.1, 0.15) is 0 Å². The number of nitro benzene ring substituents is 2. The number of rotatable bonds is 2. The molecule has 1 rings (SSSR count). The first-order chi connectivity index (χ1) is 7.43. The van der Waals surface area contributed by atoms with Crippen LogP contribution in [-0.4, -0.2) is 9.85 Å². The number of hydrogen-bond acceptors (Lipinski definition) is 5. The average molecular weight is 227 g/mol. The third-order valence-corrected chi connectivity index (χ3v) is 1.34. The van der Waals surface area contributed by atoms with Crippen molar-refractivity contribution in [3.05, 3.63) is 44.2 Å². The smallest absolute Gasteiger partial charge is 0.258 e. The van der Waals surface area contributed by atoms with Gasteiger partial charge in [0, 0.05) is 13.0 Å². The van der Waals surface area contributed by atoms with Crippen molar-refractivity contribution in [1.29, 1.82) is 5.26 Å². The molecule has 0 atom stereocenters. The summed E-state index contributed by atoms with van der Waals surface area (Å²) in [6.07, 6.45) is 0. The molecule has 0 saturated carbocycles. The van der Waals surface area contributed by atoms with Crippen molar-refractivity contribution in [1.82, 2.24) is 0 Å². The highest BCUT2D eigenvalue weighted by Gasteiger charge is 2.18. The molecule has 0 fully saturated rings. The molecule has 1 aromatic carbocycles. The number of benzene rings is 1. The zero-order chi connectivity index (χ0) is 12.7. The van der Waals surface area contributed by atoms with Gasteiger partial charge in [0.05, 0.1) is 22.0 Å². The maximum absolute atomic E-state index is 12.6. The van der Waals surface area contributed by atoms with Crippen molar-refractivity contribution < 1.29 is 14.2 Å². The molecular formula is C8H6FN3O4. The summed E-state index contributed by atoms with van der Waals surface area (Å²) in [6.45, 7) is 1.43. The molecule has 8 heteroatoms. The molecule has 84 valence electrons. The molecule has 0 spiro atoms. The summed E-state index contributed by atoms with van der Waals surface area (Å²) in [5.41, 5.74) is -1.40. The Balaban J connectivity index is 0.000000673. The summed E-state index contributed by atoms with van der Waals surface area (Å²) in [4.78, 5) is 18.4. The molecule has 0 N–H and O–H groups in total. The highest BCUT2D eigenvalue weighted by Crippen LogP contribution is 2.22. The first kappa shape index (κ1) is 13.4. The van der Waals surface area contributed by atoms with Gasteiger partial charge in [0.15, 0.2) is 0 Å². The Kier molecular flexibility index (Phi) is 5.06. The van der Waals surface area contributed by atoms with E-state index < -0.39 is 27.0 Å². The lowest BCUT2D eigenvalue weighted by Crippen LogP contribution is -1.95. The van der Waals surface area contributed by atoms with E-state index in [9.17, 15) is 24.6 Å². The van der Waals surface area contributed by atoms with Crippen molar-refractivity contribution in [2.75, 3.05) is 0 Å². The van der Waals surface area contributed by atoms with Crippen LogP contribution in [0.2, 0.25) is 0 Å². The van der Waals surface area contributed by atoms with E-state index in [4.69, 9.17) is 5.26 Å². The third kappa shape index (κ3) is 3.67. The Morgan fingerprint density at radius 3 is 2.19 bits per heavy atom. The number of nitro groups is 2. The van der Waals surface area contributed by atoms with E-state index in [-0.39, 0.29) is 0 Å². The van der Waals surface area contributed by atoms with Crippen LogP contribution in [-0.2, 0) is 0 Å². The van der Waals surface area contributed by atoms with Crippen LogP contribution < -0.4 is 0 Å². The Bertz CT molecular complexity index is 455. The van der Waals surface area contributed by atoms with Gasteiger partial charge in [-0.2, -0.15) is 9.65 Å². The maximum Gasteiger partial charge on any atom is 0.311 e. The number of halogens is 1. The van der Waals surface area contributed by atoms with E-state index in [1.54, 1.807) is 6.07 Å². The third-order valence-electron chi connectivity index (χ3n) is 1.34. The monoisotopic (exact) mass is 227 g/mol. The molecule has 0 amide bonds. The second kappa shape index (κ2) is 6.02. The fourth-order valence-electron chi connectivity index (χ4n) is 0.755. The second-order valence-corrected chi connectivity index (χ2v) is 2.37. The molecule has 0 aromatic heterocycles. The first-order valence-electron chi connectivity index (χ1n) is 3.83. The molecule has 16 heavy (non-hydrogen) atoms. The van der Waals surface area contributed by atoms with Crippen LogP contribution in [0.4, 0.5) is 15.8 Å². The normalized spacial score (nSPS) is 8.31. The van der Waals surface area contributed by atoms with Crippen molar-refractivity contribution in [3.63, 3.8) is 0 Å². The van der Waals surface area contributed by atoms with Gasteiger partial charge in [-0.3, -0.25) is 20.2 Å². The average Bonchev–Trinajstić information content (AvgIpc) is 2.18. The van der Waals surface area contributed by atoms with Crippen LogP contribution in [0, 0.1) is 37.4 Å².